The number of para-hydroxylation sites is 1. The zero-order chi connectivity index (χ0) is 21.0. The normalized spacial score (nSPS) is 10.7. The number of nitrogens with zero attached hydrogens (tertiary/aromatic N) is 5. The zero-order valence-electron chi connectivity index (χ0n) is 16.2. The number of aromatic nitrogens is 5. The van der Waals surface area contributed by atoms with Crippen molar-refractivity contribution in [2.45, 2.75) is 13.8 Å². The molecule has 1 aromatic carbocycles. The summed E-state index contributed by atoms with van der Waals surface area (Å²) in [4.78, 5) is 29.5. The van der Waals surface area contributed by atoms with E-state index in [1.807, 2.05) is 19.1 Å². The maximum atomic E-state index is 12.7. The molecule has 29 heavy (non-hydrogen) atoms. The molecule has 0 aliphatic carbocycles. The SMILES string of the molecule is Cc1nc(NCCO)nc(Nc2ncc(C(=O)Nc3c(C)cccc3Cl)n2C)n1. The highest BCUT2D eigenvalue weighted by molar-refractivity contribution is 6.34. The fraction of sp³-hybridized carbons (Fsp3) is 0.278. The van der Waals surface area contributed by atoms with E-state index in [1.54, 1.807) is 24.6 Å². The van der Waals surface area contributed by atoms with Crippen LogP contribution < -0.4 is 16.0 Å². The lowest BCUT2D eigenvalue weighted by atomic mass is 10.2. The van der Waals surface area contributed by atoms with Gasteiger partial charge in [-0.1, -0.05) is 23.7 Å². The number of carbonyl (C=O) groups excluding carboxylic acids is 1. The van der Waals surface area contributed by atoms with Crippen molar-refractivity contribution in [1.29, 1.82) is 0 Å². The van der Waals surface area contributed by atoms with E-state index >= 15 is 0 Å². The number of aliphatic hydroxyl groups excluding tert-OH is 1. The quantitative estimate of drug-likeness (QED) is 0.461. The lowest BCUT2D eigenvalue weighted by molar-refractivity contribution is 0.101. The highest BCUT2D eigenvalue weighted by Gasteiger charge is 2.17. The van der Waals surface area contributed by atoms with Gasteiger partial charge in [0.1, 0.15) is 11.5 Å². The van der Waals surface area contributed by atoms with Gasteiger partial charge in [-0.15, -0.1) is 0 Å². The fourth-order valence-electron chi connectivity index (χ4n) is 2.59. The highest BCUT2D eigenvalue weighted by Crippen LogP contribution is 2.26. The molecule has 0 aliphatic heterocycles. The van der Waals surface area contributed by atoms with E-state index in [-0.39, 0.29) is 18.5 Å². The van der Waals surface area contributed by atoms with Gasteiger partial charge >= 0.3 is 0 Å². The zero-order valence-corrected chi connectivity index (χ0v) is 16.9. The van der Waals surface area contributed by atoms with Gasteiger partial charge in [0, 0.05) is 13.6 Å². The molecule has 1 amide bonds. The molecule has 0 atom stereocenters. The second kappa shape index (κ2) is 8.84. The molecule has 10 nitrogen and oxygen atoms in total. The first-order valence-electron chi connectivity index (χ1n) is 8.81. The Balaban J connectivity index is 1.79. The molecule has 2 aromatic heterocycles. The summed E-state index contributed by atoms with van der Waals surface area (Å²) in [6, 6.07) is 5.40. The highest BCUT2D eigenvalue weighted by atomic mass is 35.5. The van der Waals surface area contributed by atoms with Gasteiger partial charge in [0.15, 0.2) is 0 Å². The number of aryl methyl sites for hydroxylation is 2. The van der Waals surface area contributed by atoms with Gasteiger partial charge in [0.25, 0.3) is 5.91 Å². The second-order valence-corrected chi connectivity index (χ2v) is 6.62. The van der Waals surface area contributed by atoms with Crippen LogP contribution in [0.25, 0.3) is 0 Å². The Bertz CT molecular complexity index is 1020. The van der Waals surface area contributed by atoms with Crippen LogP contribution in [0.5, 0.6) is 0 Å². The first kappa shape index (κ1) is 20.5. The van der Waals surface area contributed by atoms with Gasteiger partial charge in [0.05, 0.1) is 23.5 Å². The number of aliphatic hydroxyl groups is 1. The van der Waals surface area contributed by atoms with E-state index in [1.165, 1.54) is 6.20 Å². The van der Waals surface area contributed by atoms with Crippen molar-refractivity contribution in [1.82, 2.24) is 24.5 Å². The molecule has 2 heterocycles. The van der Waals surface area contributed by atoms with Gasteiger partial charge in [-0.3, -0.25) is 10.1 Å². The third-order valence-electron chi connectivity index (χ3n) is 4.05. The maximum absolute atomic E-state index is 12.7. The average molecular weight is 417 g/mol. The lowest BCUT2D eigenvalue weighted by Gasteiger charge is -2.11. The first-order valence-corrected chi connectivity index (χ1v) is 9.19. The van der Waals surface area contributed by atoms with Crippen LogP contribution in [-0.4, -0.2) is 48.7 Å². The van der Waals surface area contributed by atoms with Crippen molar-refractivity contribution in [3.8, 4) is 0 Å². The van der Waals surface area contributed by atoms with Crippen molar-refractivity contribution < 1.29 is 9.90 Å². The molecule has 4 N–H and O–H groups in total. The number of benzene rings is 1. The fourth-order valence-corrected chi connectivity index (χ4v) is 2.86. The standard InChI is InChI=1S/C18H21ClN8O2/c1-10-5-4-6-12(19)14(10)24-15(29)13-9-21-18(27(13)3)26-17-23-11(2)22-16(25-17)20-7-8-28/h4-6,9,28H,7-8H2,1-3H3,(H,24,29)(H2,20,21,22,23,25,26). The van der Waals surface area contributed by atoms with Crippen LogP contribution in [0.4, 0.5) is 23.5 Å². The summed E-state index contributed by atoms with van der Waals surface area (Å²) < 4.78 is 1.58. The average Bonchev–Trinajstić information content (AvgIpc) is 3.03. The van der Waals surface area contributed by atoms with Gasteiger partial charge in [-0.25, -0.2) is 4.98 Å². The second-order valence-electron chi connectivity index (χ2n) is 6.22. The van der Waals surface area contributed by atoms with Crippen LogP contribution in [0.15, 0.2) is 24.4 Å². The van der Waals surface area contributed by atoms with Crippen LogP contribution in [0.3, 0.4) is 0 Å². The van der Waals surface area contributed by atoms with Gasteiger partial charge in [-0.2, -0.15) is 15.0 Å². The molecule has 0 aliphatic rings. The van der Waals surface area contributed by atoms with Crippen molar-refractivity contribution in [2.24, 2.45) is 7.05 Å². The summed E-state index contributed by atoms with van der Waals surface area (Å²) in [5, 5.41) is 18.1. The molecule has 0 unspecified atom stereocenters. The van der Waals surface area contributed by atoms with E-state index < -0.39 is 0 Å². The number of hydrogen-bond donors (Lipinski definition) is 4. The van der Waals surface area contributed by atoms with Crippen molar-refractivity contribution >= 4 is 41.0 Å². The summed E-state index contributed by atoms with van der Waals surface area (Å²) in [6.45, 7) is 3.86. The summed E-state index contributed by atoms with van der Waals surface area (Å²) >= 11 is 6.19. The summed E-state index contributed by atoms with van der Waals surface area (Å²) in [6.07, 6.45) is 1.45. The Morgan fingerprint density at radius 2 is 1.97 bits per heavy atom. The Hall–Kier alpha value is -3.24. The number of amides is 1. The van der Waals surface area contributed by atoms with Crippen LogP contribution in [0.1, 0.15) is 21.9 Å². The maximum Gasteiger partial charge on any atom is 0.274 e. The van der Waals surface area contributed by atoms with Crippen molar-refractivity contribution in [2.75, 3.05) is 29.1 Å². The smallest absolute Gasteiger partial charge is 0.274 e. The third-order valence-corrected chi connectivity index (χ3v) is 4.36. The minimum Gasteiger partial charge on any atom is -0.395 e. The number of carbonyl (C=O) groups is 1. The van der Waals surface area contributed by atoms with E-state index in [4.69, 9.17) is 16.7 Å². The van der Waals surface area contributed by atoms with E-state index in [0.717, 1.165) is 5.56 Å². The molecule has 11 heteroatoms. The number of rotatable bonds is 7. The summed E-state index contributed by atoms with van der Waals surface area (Å²) in [5.74, 6) is 1.12. The minimum atomic E-state index is -0.346. The first-order chi connectivity index (χ1) is 13.9. The Labute approximate surface area is 172 Å². The van der Waals surface area contributed by atoms with Gasteiger partial charge in [-0.05, 0) is 25.5 Å². The number of nitrogens with one attached hydrogen (secondary N) is 3. The van der Waals surface area contributed by atoms with Gasteiger partial charge in [0.2, 0.25) is 17.8 Å². The molecular weight excluding hydrogens is 396 g/mol. The predicted octanol–water partition coefficient (Wildman–Crippen LogP) is 2.28. The topological polar surface area (TPSA) is 130 Å². The molecule has 0 fully saturated rings. The Morgan fingerprint density at radius 1 is 1.21 bits per heavy atom. The number of imidazole rings is 1. The number of halogens is 1. The van der Waals surface area contributed by atoms with Crippen LogP contribution >= 0.6 is 11.6 Å². The molecule has 3 aromatic rings. The Morgan fingerprint density at radius 3 is 2.69 bits per heavy atom. The summed E-state index contributed by atoms with van der Waals surface area (Å²) in [5.41, 5.74) is 1.74. The Kier molecular flexibility index (Phi) is 6.25. The van der Waals surface area contributed by atoms with Crippen molar-refractivity contribution in [3.63, 3.8) is 0 Å². The minimum absolute atomic E-state index is 0.0454. The molecule has 0 saturated carbocycles. The number of anilines is 4. The van der Waals surface area contributed by atoms with E-state index in [2.05, 4.69) is 35.9 Å². The largest absolute Gasteiger partial charge is 0.395 e. The van der Waals surface area contributed by atoms with Crippen LogP contribution in [-0.2, 0) is 7.05 Å². The van der Waals surface area contributed by atoms with Crippen LogP contribution in [0.2, 0.25) is 5.02 Å². The summed E-state index contributed by atoms with van der Waals surface area (Å²) in [7, 11) is 1.70. The molecule has 0 bridgehead atoms. The molecular formula is C18H21ClN8O2. The number of hydrogen-bond acceptors (Lipinski definition) is 8. The third kappa shape index (κ3) is 4.79. The van der Waals surface area contributed by atoms with E-state index in [9.17, 15) is 4.79 Å². The molecule has 152 valence electrons. The van der Waals surface area contributed by atoms with E-state index in [0.29, 0.717) is 40.7 Å². The molecule has 3 rings (SSSR count). The lowest BCUT2D eigenvalue weighted by Crippen LogP contribution is -2.17. The molecule has 0 saturated heterocycles. The molecule has 0 radical (unpaired) electrons. The molecule has 0 spiro atoms. The van der Waals surface area contributed by atoms with Crippen LogP contribution in [0, 0.1) is 13.8 Å². The monoisotopic (exact) mass is 416 g/mol. The van der Waals surface area contributed by atoms with Crippen molar-refractivity contribution in [3.05, 3.63) is 46.5 Å². The van der Waals surface area contributed by atoms with Gasteiger partial charge < -0.3 is 20.3 Å². The predicted molar refractivity (Wildman–Crippen MR) is 111 cm³/mol.